The summed E-state index contributed by atoms with van der Waals surface area (Å²) >= 11 is 1.36. The molecule has 1 saturated heterocycles. The van der Waals surface area contributed by atoms with Crippen molar-refractivity contribution in [2.24, 2.45) is 5.73 Å². The number of sulfonamides is 1. The van der Waals surface area contributed by atoms with Crippen LogP contribution in [0, 0.1) is 5.41 Å². The second-order valence-electron chi connectivity index (χ2n) is 7.39. The zero-order valence-electron chi connectivity index (χ0n) is 16.4. The molecule has 1 atom stereocenters. The van der Waals surface area contributed by atoms with Crippen molar-refractivity contribution in [3.8, 4) is 0 Å². The fraction of sp³-hybridized carbons (Fsp3) is 0.238. The number of amides is 1. The summed E-state index contributed by atoms with van der Waals surface area (Å²) in [6.07, 6.45) is 1.55. The van der Waals surface area contributed by atoms with Gasteiger partial charge in [0.05, 0.1) is 16.8 Å². The number of benzene rings is 2. The summed E-state index contributed by atoms with van der Waals surface area (Å²) < 4.78 is 26.6. The van der Waals surface area contributed by atoms with Gasteiger partial charge in [0.25, 0.3) is 0 Å². The largest absolute Gasteiger partial charge is 0.383 e. The van der Waals surface area contributed by atoms with Crippen molar-refractivity contribution < 1.29 is 13.2 Å². The van der Waals surface area contributed by atoms with Gasteiger partial charge in [-0.2, -0.15) is 0 Å². The van der Waals surface area contributed by atoms with Gasteiger partial charge in [-0.25, -0.2) is 8.42 Å². The van der Waals surface area contributed by atoms with E-state index in [1.54, 1.807) is 17.0 Å². The third kappa shape index (κ3) is 3.90. The molecular formula is C21H22N4O3S2. The quantitative estimate of drug-likeness (QED) is 0.452. The minimum absolute atomic E-state index is 0.00330. The number of nitrogens with one attached hydrogen (secondary N) is 1. The summed E-state index contributed by atoms with van der Waals surface area (Å²) in [6.45, 7) is 0.836. The summed E-state index contributed by atoms with van der Waals surface area (Å²) in [4.78, 5) is 15.4. The number of anilines is 1. The zero-order valence-corrected chi connectivity index (χ0v) is 18.0. The van der Waals surface area contributed by atoms with Crippen LogP contribution in [0.15, 0.2) is 53.9 Å². The van der Waals surface area contributed by atoms with Gasteiger partial charge in [-0.15, -0.1) is 11.3 Å². The average molecular weight is 443 g/mol. The number of likely N-dealkylation sites (tertiary alicyclic amines) is 1. The van der Waals surface area contributed by atoms with Crippen LogP contribution in [0.4, 0.5) is 5.69 Å². The Morgan fingerprint density at radius 2 is 1.97 bits per heavy atom. The van der Waals surface area contributed by atoms with E-state index in [9.17, 15) is 13.2 Å². The van der Waals surface area contributed by atoms with Gasteiger partial charge in [0.15, 0.2) is 0 Å². The Labute approximate surface area is 179 Å². The third-order valence-corrected chi connectivity index (χ3v) is 7.38. The predicted octanol–water partition coefficient (Wildman–Crippen LogP) is 2.75. The molecule has 1 aliphatic heterocycles. The van der Waals surface area contributed by atoms with Crippen LogP contribution in [0.2, 0.25) is 0 Å². The molecule has 3 N–H and O–H groups in total. The van der Waals surface area contributed by atoms with E-state index in [1.165, 1.54) is 15.6 Å². The Hall–Kier alpha value is -2.91. The van der Waals surface area contributed by atoms with Gasteiger partial charge in [0, 0.05) is 13.1 Å². The molecule has 4 rings (SSSR count). The first kappa shape index (κ1) is 20.4. The van der Waals surface area contributed by atoms with E-state index >= 15 is 0 Å². The number of hydrogen-bond acceptors (Lipinski definition) is 5. The van der Waals surface area contributed by atoms with Gasteiger partial charge in [-0.1, -0.05) is 30.3 Å². The smallest absolute Gasteiger partial charge is 0.246 e. The highest BCUT2D eigenvalue weighted by atomic mass is 32.2. The highest BCUT2D eigenvalue weighted by molar-refractivity contribution is 7.92. The van der Waals surface area contributed by atoms with Crippen LogP contribution in [0.1, 0.15) is 16.9 Å². The van der Waals surface area contributed by atoms with Crippen LogP contribution in [0.25, 0.3) is 10.8 Å². The fourth-order valence-electron chi connectivity index (χ4n) is 3.83. The van der Waals surface area contributed by atoms with Crippen LogP contribution in [-0.4, -0.2) is 43.9 Å². The number of amidine groups is 1. The van der Waals surface area contributed by atoms with Crippen LogP contribution in [0.5, 0.6) is 0 Å². The first-order valence-electron chi connectivity index (χ1n) is 9.43. The van der Waals surface area contributed by atoms with Gasteiger partial charge in [-0.3, -0.25) is 14.5 Å². The standard InChI is InChI=1S/C21H22N4O3S2/c1-30(27,28)25(17-7-6-15-4-2-3-5-16(15)11-17)18-8-9-24(21(18)26)12-14-10-19(20(22)23)29-13-14/h2-7,10-11,13,18H,8-9,12H2,1H3,(H3,22,23). The maximum atomic E-state index is 13.1. The lowest BCUT2D eigenvalue weighted by molar-refractivity contribution is -0.129. The van der Waals surface area contributed by atoms with Crippen LogP contribution >= 0.6 is 11.3 Å². The Bertz CT molecular complexity index is 1240. The molecule has 1 amide bonds. The number of nitrogens with two attached hydrogens (primary N) is 1. The van der Waals surface area contributed by atoms with Gasteiger partial charge in [0.2, 0.25) is 15.9 Å². The lowest BCUT2D eigenvalue weighted by atomic mass is 10.1. The van der Waals surface area contributed by atoms with Crippen LogP contribution in [0.3, 0.4) is 0 Å². The predicted molar refractivity (Wildman–Crippen MR) is 120 cm³/mol. The molecule has 3 aromatic rings. The zero-order chi connectivity index (χ0) is 21.5. The normalized spacial score (nSPS) is 16.9. The molecule has 0 bridgehead atoms. The highest BCUT2D eigenvalue weighted by Gasteiger charge is 2.40. The highest BCUT2D eigenvalue weighted by Crippen LogP contribution is 2.30. The van der Waals surface area contributed by atoms with E-state index in [0.717, 1.165) is 22.6 Å². The topological polar surface area (TPSA) is 108 Å². The number of nitrogens with zero attached hydrogens (tertiary/aromatic N) is 2. The minimum Gasteiger partial charge on any atom is -0.383 e. The monoisotopic (exact) mass is 442 g/mol. The number of nitrogen functional groups attached to an aromatic ring is 1. The molecule has 0 radical (unpaired) electrons. The van der Waals surface area contributed by atoms with E-state index in [2.05, 4.69) is 0 Å². The van der Waals surface area contributed by atoms with Crippen molar-refractivity contribution in [3.63, 3.8) is 0 Å². The molecule has 0 spiro atoms. The van der Waals surface area contributed by atoms with E-state index in [-0.39, 0.29) is 11.7 Å². The van der Waals surface area contributed by atoms with E-state index in [0.29, 0.717) is 30.1 Å². The van der Waals surface area contributed by atoms with E-state index < -0.39 is 16.1 Å². The Balaban J connectivity index is 1.61. The van der Waals surface area contributed by atoms with Gasteiger partial charge < -0.3 is 10.6 Å². The molecule has 156 valence electrons. The number of thiophene rings is 1. The SMILES string of the molecule is CS(=O)(=O)N(c1ccc2ccccc2c1)C1CCN(Cc2csc(C(=N)N)c2)C1=O. The third-order valence-electron chi connectivity index (χ3n) is 5.19. The average Bonchev–Trinajstić information content (AvgIpc) is 3.30. The number of hydrogen-bond donors (Lipinski definition) is 2. The van der Waals surface area contributed by atoms with Crippen LogP contribution < -0.4 is 10.0 Å². The van der Waals surface area contributed by atoms with Gasteiger partial charge >= 0.3 is 0 Å². The summed E-state index contributed by atoms with van der Waals surface area (Å²) in [5.41, 5.74) is 6.89. The first-order chi connectivity index (χ1) is 14.2. The van der Waals surface area contributed by atoms with Gasteiger partial charge in [-0.05, 0) is 46.3 Å². The molecule has 1 fully saturated rings. The Morgan fingerprint density at radius 3 is 2.63 bits per heavy atom. The maximum Gasteiger partial charge on any atom is 0.246 e. The summed E-state index contributed by atoms with van der Waals surface area (Å²) in [6, 6.07) is 14.2. The lowest BCUT2D eigenvalue weighted by Crippen LogP contribution is -2.45. The van der Waals surface area contributed by atoms with Crippen molar-refractivity contribution in [3.05, 3.63) is 64.4 Å². The van der Waals surface area contributed by atoms with Gasteiger partial charge in [0.1, 0.15) is 11.9 Å². The first-order valence-corrected chi connectivity index (χ1v) is 12.2. The number of fused-ring (bicyclic) bond motifs is 1. The molecule has 30 heavy (non-hydrogen) atoms. The van der Waals surface area contributed by atoms with Crippen LogP contribution in [-0.2, 0) is 21.4 Å². The number of rotatable bonds is 6. The van der Waals surface area contributed by atoms with E-state index in [1.807, 2.05) is 41.8 Å². The summed E-state index contributed by atoms with van der Waals surface area (Å²) in [5, 5.41) is 11.3. The molecule has 1 aromatic heterocycles. The maximum absolute atomic E-state index is 13.1. The Kier molecular flexibility index (Phi) is 5.25. The minimum atomic E-state index is -3.66. The molecule has 0 saturated carbocycles. The summed E-state index contributed by atoms with van der Waals surface area (Å²) in [7, 11) is -3.66. The van der Waals surface area contributed by atoms with Crippen molar-refractivity contribution in [1.29, 1.82) is 5.41 Å². The number of carbonyl (C=O) groups is 1. The molecule has 1 unspecified atom stereocenters. The van der Waals surface area contributed by atoms with E-state index in [4.69, 9.17) is 11.1 Å². The van der Waals surface area contributed by atoms with Crippen molar-refractivity contribution in [1.82, 2.24) is 4.90 Å². The molecule has 1 aliphatic rings. The second-order valence-corrected chi connectivity index (χ2v) is 10.2. The molecule has 0 aliphatic carbocycles. The van der Waals surface area contributed by atoms with Crippen molar-refractivity contribution >= 4 is 49.6 Å². The Morgan fingerprint density at radius 1 is 1.23 bits per heavy atom. The lowest BCUT2D eigenvalue weighted by Gasteiger charge is -2.28. The van der Waals surface area contributed by atoms with Crippen molar-refractivity contribution in [2.45, 2.75) is 19.0 Å². The molecule has 2 aromatic carbocycles. The molecule has 2 heterocycles. The fourth-order valence-corrected chi connectivity index (χ4v) is 5.76. The molecular weight excluding hydrogens is 420 g/mol. The second kappa shape index (κ2) is 7.73. The summed E-state index contributed by atoms with van der Waals surface area (Å²) in [5.74, 6) is -0.222. The van der Waals surface area contributed by atoms with Crippen molar-refractivity contribution in [2.75, 3.05) is 17.1 Å². The molecule has 9 heteroatoms. The molecule has 7 nitrogen and oxygen atoms in total. The number of carbonyl (C=O) groups excluding carboxylic acids is 1.